The van der Waals surface area contributed by atoms with E-state index in [0.29, 0.717) is 12.2 Å². The second kappa shape index (κ2) is 7.65. The molecule has 1 unspecified atom stereocenters. The molecule has 2 aromatic carbocycles. The van der Waals surface area contributed by atoms with Crippen LogP contribution in [0, 0.1) is 10.1 Å². The third kappa shape index (κ3) is 3.48. The van der Waals surface area contributed by atoms with Gasteiger partial charge in [0.15, 0.2) is 0 Å². The van der Waals surface area contributed by atoms with Crippen LogP contribution in [-0.4, -0.2) is 27.6 Å². The minimum atomic E-state index is -3.14. The van der Waals surface area contributed by atoms with E-state index in [4.69, 9.17) is 4.98 Å². The molecule has 0 saturated carbocycles. The fourth-order valence-electron chi connectivity index (χ4n) is 4.05. The molecule has 9 heteroatoms. The predicted octanol–water partition coefficient (Wildman–Crippen LogP) is 4.91. The van der Waals surface area contributed by atoms with Gasteiger partial charge in [-0.2, -0.15) is 8.78 Å². The summed E-state index contributed by atoms with van der Waals surface area (Å²) in [4.78, 5) is 17.3. The van der Waals surface area contributed by atoms with Gasteiger partial charge in [0.1, 0.15) is 5.82 Å². The highest BCUT2D eigenvalue weighted by Gasteiger charge is 2.32. The maximum atomic E-state index is 12.8. The first-order valence-corrected chi connectivity index (χ1v) is 9.44. The number of alkyl halides is 2. The molecule has 1 aliphatic heterocycles. The van der Waals surface area contributed by atoms with Crippen LogP contribution >= 0.6 is 0 Å². The molecule has 3 aromatic rings. The van der Waals surface area contributed by atoms with Gasteiger partial charge < -0.3 is 14.2 Å². The van der Waals surface area contributed by atoms with Crippen molar-refractivity contribution in [3.05, 3.63) is 58.4 Å². The van der Waals surface area contributed by atoms with Crippen molar-refractivity contribution in [2.75, 3.05) is 11.4 Å². The first-order valence-electron chi connectivity index (χ1n) is 9.44. The number of nitrogens with zero attached hydrogens (tertiary/aromatic N) is 4. The molecule has 7 nitrogen and oxygen atoms in total. The SMILES string of the molecule is CCn1c(C2CCCN2c2ccc([N+](=O)[O-])c(OC(F)F)c2)nc2ccccc21. The van der Waals surface area contributed by atoms with Crippen LogP contribution in [0.25, 0.3) is 11.0 Å². The molecule has 4 rings (SSSR count). The van der Waals surface area contributed by atoms with Crippen LogP contribution in [-0.2, 0) is 6.54 Å². The quantitative estimate of drug-likeness (QED) is 0.433. The summed E-state index contributed by atoms with van der Waals surface area (Å²) in [6.45, 7) is 0.365. The number of fused-ring (bicyclic) bond motifs is 1. The Kier molecular flexibility index (Phi) is 5.04. The third-order valence-electron chi connectivity index (χ3n) is 5.24. The number of hydrogen-bond donors (Lipinski definition) is 0. The molecule has 1 aliphatic rings. The Morgan fingerprint density at radius 3 is 2.83 bits per heavy atom. The standard InChI is InChI=1S/C20H20F2N4O3/c1-2-24-15-7-4-3-6-14(15)23-19(24)17-8-5-11-25(17)13-9-10-16(26(27)28)18(12-13)29-20(21)22/h3-4,6-7,9-10,12,17,20H,2,5,8,11H2,1H3. The fourth-order valence-corrected chi connectivity index (χ4v) is 4.05. The number of nitro groups is 1. The zero-order chi connectivity index (χ0) is 20.5. The Labute approximate surface area is 165 Å². The molecule has 152 valence electrons. The van der Waals surface area contributed by atoms with Crippen LogP contribution in [0.4, 0.5) is 20.2 Å². The Bertz CT molecular complexity index is 1050. The van der Waals surface area contributed by atoms with Crippen LogP contribution in [0.1, 0.15) is 31.6 Å². The zero-order valence-corrected chi connectivity index (χ0v) is 15.8. The minimum Gasteiger partial charge on any atom is -0.427 e. The highest BCUT2D eigenvalue weighted by Crippen LogP contribution is 2.40. The van der Waals surface area contributed by atoms with Crippen molar-refractivity contribution in [1.29, 1.82) is 0 Å². The van der Waals surface area contributed by atoms with E-state index in [1.165, 1.54) is 12.1 Å². The maximum Gasteiger partial charge on any atom is 0.387 e. The second-order valence-corrected chi connectivity index (χ2v) is 6.84. The molecular weight excluding hydrogens is 382 g/mol. The fraction of sp³-hybridized carbons (Fsp3) is 0.350. The van der Waals surface area contributed by atoms with Gasteiger partial charge in [-0.15, -0.1) is 0 Å². The summed E-state index contributed by atoms with van der Waals surface area (Å²) < 4.78 is 32.1. The van der Waals surface area contributed by atoms with E-state index in [1.54, 1.807) is 6.07 Å². The molecule has 29 heavy (non-hydrogen) atoms. The van der Waals surface area contributed by atoms with Crippen LogP contribution in [0.5, 0.6) is 5.75 Å². The lowest BCUT2D eigenvalue weighted by atomic mass is 10.1. The number of imidazole rings is 1. The van der Waals surface area contributed by atoms with E-state index in [-0.39, 0.29) is 6.04 Å². The summed E-state index contributed by atoms with van der Waals surface area (Å²) in [6.07, 6.45) is 1.75. The summed E-state index contributed by atoms with van der Waals surface area (Å²) in [5, 5.41) is 11.2. The zero-order valence-electron chi connectivity index (χ0n) is 15.8. The molecule has 0 radical (unpaired) electrons. The smallest absolute Gasteiger partial charge is 0.387 e. The largest absolute Gasteiger partial charge is 0.427 e. The average Bonchev–Trinajstić information content (AvgIpc) is 3.31. The highest BCUT2D eigenvalue weighted by molar-refractivity contribution is 5.76. The average molecular weight is 402 g/mol. The van der Waals surface area contributed by atoms with E-state index < -0.39 is 23.0 Å². The van der Waals surface area contributed by atoms with Gasteiger partial charge >= 0.3 is 12.3 Å². The maximum absolute atomic E-state index is 12.8. The number of para-hydroxylation sites is 2. The van der Waals surface area contributed by atoms with Gasteiger partial charge in [0, 0.05) is 30.9 Å². The van der Waals surface area contributed by atoms with E-state index in [2.05, 4.69) is 21.1 Å². The van der Waals surface area contributed by atoms with Crippen LogP contribution in [0.2, 0.25) is 0 Å². The Balaban J connectivity index is 1.75. The Hall–Kier alpha value is -3.23. The van der Waals surface area contributed by atoms with Crippen LogP contribution in [0.15, 0.2) is 42.5 Å². The number of nitro benzene ring substituents is 1. The van der Waals surface area contributed by atoms with Gasteiger partial charge in [0.25, 0.3) is 0 Å². The summed E-state index contributed by atoms with van der Waals surface area (Å²) in [5.74, 6) is 0.470. The van der Waals surface area contributed by atoms with E-state index in [9.17, 15) is 18.9 Å². The summed E-state index contributed by atoms with van der Waals surface area (Å²) in [6, 6.07) is 12.0. The molecule has 1 saturated heterocycles. The number of halogens is 2. The second-order valence-electron chi connectivity index (χ2n) is 6.84. The van der Waals surface area contributed by atoms with Gasteiger partial charge in [-0.05, 0) is 38.0 Å². The molecule has 0 spiro atoms. The van der Waals surface area contributed by atoms with Gasteiger partial charge in [0.2, 0.25) is 5.75 Å². The number of aryl methyl sites for hydroxylation is 1. The molecule has 1 fully saturated rings. The van der Waals surface area contributed by atoms with Crippen molar-refractivity contribution in [3.63, 3.8) is 0 Å². The van der Waals surface area contributed by atoms with Crippen molar-refractivity contribution in [1.82, 2.24) is 9.55 Å². The van der Waals surface area contributed by atoms with E-state index in [1.807, 2.05) is 24.3 Å². The number of benzene rings is 2. The van der Waals surface area contributed by atoms with Gasteiger partial charge in [-0.3, -0.25) is 10.1 Å². The summed E-state index contributed by atoms with van der Waals surface area (Å²) in [7, 11) is 0. The van der Waals surface area contributed by atoms with Gasteiger partial charge in [0.05, 0.1) is 22.0 Å². The first-order chi connectivity index (χ1) is 14.0. The lowest BCUT2D eigenvalue weighted by molar-refractivity contribution is -0.386. The molecule has 1 aromatic heterocycles. The monoisotopic (exact) mass is 402 g/mol. The minimum absolute atomic E-state index is 0.0526. The van der Waals surface area contributed by atoms with Gasteiger partial charge in [-0.25, -0.2) is 4.98 Å². The summed E-state index contributed by atoms with van der Waals surface area (Å²) in [5.41, 5.74) is 2.07. The van der Waals surface area contributed by atoms with Crippen molar-refractivity contribution >= 4 is 22.4 Å². The molecule has 0 bridgehead atoms. The number of anilines is 1. The third-order valence-corrected chi connectivity index (χ3v) is 5.24. The topological polar surface area (TPSA) is 73.4 Å². The van der Waals surface area contributed by atoms with Crippen molar-refractivity contribution in [2.24, 2.45) is 0 Å². The lowest BCUT2D eigenvalue weighted by Gasteiger charge is -2.27. The van der Waals surface area contributed by atoms with Crippen molar-refractivity contribution in [3.8, 4) is 5.75 Å². The van der Waals surface area contributed by atoms with Gasteiger partial charge in [-0.1, -0.05) is 12.1 Å². The predicted molar refractivity (Wildman–Crippen MR) is 104 cm³/mol. The normalized spacial score (nSPS) is 16.7. The number of ether oxygens (including phenoxy) is 1. The lowest BCUT2D eigenvalue weighted by Crippen LogP contribution is -2.25. The first kappa shape index (κ1) is 19.1. The molecule has 2 heterocycles. The number of rotatable bonds is 6. The molecule has 0 amide bonds. The molecule has 1 atom stereocenters. The Morgan fingerprint density at radius 2 is 2.10 bits per heavy atom. The van der Waals surface area contributed by atoms with E-state index in [0.717, 1.165) is 36.2 Å². The molecular formula is C20H20F2N4O3. The number of aromatic nitrogens is 2. The van der Waals surface area contributed by atoms with Crippen molar-refractivity contribution < 1.29 is 18.4 Å². The van der Waals surface area contributed by atoms with Crippen LogP contribution < -0.4 is 9.64 Å². The molecule has 0 N–H and O–H groups in total. The van der Waals surface area contributed by atoms with Crippen LogP contribution in [0.3, 0.4) is 0 Å². The van der Waals surface area contributed by atoms with Crippen molar-refractivity contribution in [2.45, 2.75) is 39.0 Å². The van der Waals surface area contributed by atoms with E-state index >= 15 is 0 Å². The summed E-state index contributed by atoms with van der Waals surface area (Å²) >= 11 is 0. The highest BCUT2D eigenvalue weighted by atomic mass is 19.3. The Morgan fingerprint density at radius 1 is 1.31 bits per heavy atom. The number of hydrogen-bond acceptors (Lipinski definition) is 5. The molecule has 0 aliphatic carbocycles.